The number of aliphatic carboxylic acids is 1. The Morgan fingerprint density at radius 2 is 2.05 bits per heavy atom. The molecule has 1 aromatic rings. The standard InChI is InChI=1S/C13H15ClFNO4S/c1-8-2-9(13(17)18)7-16(6-8)21(19,20)12-4-10(14)3-11(15)5-12/h3-5,8-9H,2,6-7H2,1H3,(H,17,18). The first-order valence-electron chi connectivity index (χ1n) is 6.39. The summed E-state index contributed by atoms with van der Waals surface area (Å²) >= 11 is 5.69. The number of carbonyl (C=O) groups is 1. The SMILES string of the molecule is CC1CC(C(=O)O)CN(S(=O)(=O)c2cc(F)cc(Cl)c2)C1. The van der Waals surface area contributed by atoms with Crippen LogP contribution in [0.5, 0.6) is 0 Å². The molecule has 5 nitrogen and oxygen atoms in total. The van der Waals surface area contributed by atoms with E-state index in [4.69, 9.17) is 16.7 Å². The number of carboxylic acids is 1. The molecule has 0 spiro atoms. The molecule has 0 radical (unpaired) electrons. The fourth-order valence-corrected chi connectivity index (χ4v) is 4.45. The summed E-state index contributed by atoms with van der Waals surface area (Å²) in [5, 5.41) is 9.08. The molecular weight excluding hydrogens is 321 g/mol. The molecule has 0 aromatic heterocycles. The van der Waals surface area contributed by atoms with Crippen LogP contribution < -0.4 is 0 Å². The van der Waals surface area contributed by atoms with E-state index in [1.54, 1.807) is 6.92 Å². The molecule has 116 valence electrons. The van der Waals surface area contributed by atoms with Gasteiger partial charge in [-0.2, -0.15) is 4.31 Å². The summed E-state index contributed by atoms with van der Waals surface area (Å²) < 4.78 is 39.5. The molecule has 1 heterocycles. The van der Waals surface area contributed by atoms with Crippen molar-refractivity contribution in [3.05, 3.63) is 29.0 Å². The normalized spacial score (nSPS) is 24.0. The van der Waals surface area contributed by atoms with Gasteiger partial charge >= 0.3 is 5.97 Å². The minimum Gasteiger partial charge on any atom is -0.481 e. The van der Waals surface area contributed by atoms with E-state index in [0.717, 1.165) is 22.5 Å². The molecule has 1 fully saturated rings. The fourth-order valence-electron chi connectivity index (χ4n) is 2.50. The van der Waals surface area contributed by atoms with Gasteiger partial charge in [-0.05, 0) is 30.5 Å². The molecule has 21 heavy (non-hydrogen) atoms. The third-order valence-corrected chi connectivity index (χ3v) is 5.48. The molecule has 0 amide bonds. The molecule has 1 N–H and O–H groups in total. The average molecular weight is 336 g/mol. The first-order chi connectivity index (χ1) is 9.70. The number of piperidine rings is 1. The summed E-state index contributed by atoms with van der Waals surface area (Å²) in [6.45, 7) is 1.88. The third-order valence-electron chi connectivity index (χ3n) is 3.45. The Morgan fingerprint density at radius 3 is 2.62 bits per heavy atom. The number of sulfonamides is 1. The van der Waals surface area contributed by atoms with Gasteiger partial charge in [0.2, 0.25) is 10.0 Å². The second-order valence-electron chi connectivity index (χ2n) is 5.30. The lowest BCUT2D eigenvalue weighted by Crippen LogP contribution is -2.45. The van der Waals surface area contributed by atoms with Gasteiger partial charge in [-0.15, -0.1) is 0 Å². The maximum absolute atomic E-state index is 13.3. The van der Waals surface area contributed by atoms with E-state index in [2.05, 4.69) is 0 Å². The van der Waals surface area contributed by atoms with Gasteiger partial charge in [-0.25, -0.2) is 12.8 Å². The van der Waals surface area contributed by atoms with Crippen LogP contribution in [0.3, 0.4) is 0 Å². The number of hydrogen-bond acceptors (Lipinski definition) is 3. The van der Waals surface area contributed by atoms with Gasteiger partial charge in [0, 0.05) is 18.1 Å². The summed E-state index contributed by atoms with van der Waals surface area (Å²) in [4.78, 5) is 10.9. The highest BCUT2D eigenvalue weighted by Gasteiger charge is 2.36. The van der Waals surface area contributed by atoms with Gasteiger partial charge < -0.3 is 5.11 Å². The van der Waals surface area contributed by atoms with Gasteiger partial charge in [-0.3, -0.25) is 4.79 Å². The second kappa shape index (κ2) is 5.90. The van der Waals surface area contributed by atoms with Crippen LogP contribution in [0.2, 0.25) is 5.02 Å². The molecular formula is C13H15ClFNO4S. The van der Waals surface area contributed by atoms with E-state index < -0.39 is 27.7 Å². The second-order valence-corrected chi connectivity index (χ2v) is 7.68. The van der Waals surface area contributed by atoms with Crippen LogP contribution in [0.1, 0.15) is 13.3 Å². The van der Waals surface area contributed by atoms with Gasteiger partial charge in [-0.1, -0.05) is 18.5 Å². The first-order valence-corrected chi connectivity index (χ1v) is 8.21. The van der Waals surface area contributed by atoms with Crippen molar-refractivity contribution in [2.24, 2.45) is 11.8 Å². The number of carboxylic acid groups (broad SMARTS) is 1. The van der Waals surface area contributed by atoms with Crippen molar-refractivity contribution < 1.29 is 22.7 Å². The Labute approximate surface area is 127 Å². The predicted molar refractivity (Wildman–Crippen MR) is 75.1 cm³/mol. The van der Waals surface area contributed by atoms with Crippen LogP contribution in [0.25, 0.3) is 0 Å². The number of benzene rings is 1. The van der Waals surface area contributed by atoms with E-state index >= 15 is 0 Å². The summed E-state index contributed by atoms with van der Waals surface area (Å²) in [6, 6.07) is 3.06. The van der Waals surface area contributed by atoms with Crippen molar-refractivity contribution in [1.82, 2.24) is 4.31 Å². The van der Waals surface area contributed by atoms with E-state index in [1.165, 1.54) is 0 Å². The molecule has 1 aliphatic heterocycles. The van der Waals surface area contributed by atoms with E-state index in [9.17, 15) is 17.6 Å². The zero-order valence-electron chi connectivity index (χ0n) is 11.3. The Kier molecular flexibility index (Phi) is 4.55. The Hall–Kier alpha value is -1.18. The highest BCUT2D eigenvalue weighted by Crippen LogP contribution is 2.28. The van der Waals surface area contributed by atoms with Crippen molar-refractivity contribution in [2.45, 2.75) is 18.2 Å². The summed E-state index contributed by atoms with van der Waals surface area (Å²) in [5.74, 6) is -2.62. The minimum absolute atomic E-state index is 0.0200. The fraction of sp³-hybridized carbons (Fsp3) is 0.462. The molecule has 8 heteroatoms. The predicted octanol–water partition coefficient (Wildman–Crippen LogP) is 2.21. The Morgan fingerprint density at radius 1 is 1.38 bits per heavy atom. The van der Waals surface area contributed by atoms with Crippen LogP contribution >= 0.6 is 11.6 Å². The molecule has 2 atom stereocenters. The third kappa shape index (κ3) is 3.53. The van der Waals surface area contributed by atoms with Crippen molar-refractivity contribution >= 4 is 27.6 Å². The number of nitrogens with zero attached hydrogens (tertiary/aromatic N) is 1. The Bertz CT molecular complexity index is 644. The lowest BCUT2D eigenvalue weighted by molar-refractivity contribution is -0.143. The molecule has 2 rings (SSSR count). The van der Waals surface area contributed by atoms with Gasteiger partial charge in [0.1, 0.15) is 5.82 Å². The maximum Gasteiger partial charge on any atom is 0.307 e. The topological polar surface area (TPSA) is 74.7 Å². The van der Waals surface area contributed by atoms with Gasteiger partial charge in [0.15, 0.2) is 0 Å². The first kappa shape index (κ1) is 16.2. The quantitative estimate of drug-likeness (QED) is 0.919. The van der Waals surface area contributed by atoms with Crippen LogP contribution in [0.15, 0.2) is 23.1 Å². The van der Waals surface area contributed by atoms with Crippen LogP contribution in [0.4, 0.5) is 4.39 Å². The smallest absolute Gasteiger partial charge is 0.307 e. The molecule has 1 aromatic carbocycles. The lowest BCUT2D eigenvalue weighted by Gasteiger charge is -2.33. The van der Waals surface area contributed by atoms with E-state index in [-0.39, 0.29) is 28.9 Å². The zero-order chi connectivity index (χ0) is 15.8. The van der Waals surface area contributed by atoms with Crippen molar-refractivity contribution in [2.75, 3.05) is 13.1 Å². The number of halogens is 2. The molecule has 2 unspecified atom stereocenters. The molecule has 0 saturated carbocycles. The molecule has 0 aliphatic carbocycles. The van der Waals surface area contributed by atoms with Crippen LogP contribution in [0, 0.1) is 17.7 Å². The number of rotatable bonds is 3. The van der Waals surface area contributed by atoms with Gasteiger partial charge in [0.05, 0.1) is 10.8 Å². The highest BCUT2D eigenvalue weighted by molar-refractivity contribution is 7.89. The largest absolute Gasteiger partial charge is 0.481 e. The minimum atomic E-state index is -3.96. The summed E-state index contributed by atoms with van der Waals surface area (Å²) in [5.41, 5.74) is 0. The average Bonchev–Trinajstić information content (AvgIpc) is 2.36. The molecule has 1 aliphatic rings. The maximum atomic E-state index is 13.3. The van der Waals surface area contributed by atoms with Crippen molar-refractivity contribution in [3.63, 3.8) is 0 Å². The summed E-state index contributed by atoms with van der Waals surface area (Å²) in [6.07, 6.45) is 0.422. The van der Waals surface area contributed by atoms with Crippen molar-refractivity contribution in [1.29, 1.82) is 0 Å². The Balaban J connectivity index is 2.36. The highest BCUT2D eigenvalue weighted by atomic mass is 35.5. The molecule has 1 saturated heterocycles. The van der Waals surface area contributed by atoms with Crippen LogP contribution in [-0.4, -0.2) is 36.9 Å². The monoisotopic (exact) mass is 335 g/mol. The van der Waals surface area contributed by atoms with Crippen LogP contribution in [-0.2, 0) is 14.8 Å². The number of hydrogen-bond donors (Lipinski definition) is 1. The molecule has 0 bridgehead atoms. The van der Waals surface area contributed by atoms with E-state index in [1.807, 2.05) is 0 Å². The van der Waals surface area contributed by atoms with Crippen molar-refractivity contribution in [3.8, 4) is 0 Å². The summed E-state index contributed by atoms with van der Waals surface area (Å²) in [7, 11) is -3.96. The lowest BCUT2D eigenvalue weighted by atomic mass is 9.92. The van der Waals surface area contributed by atoms with E-state index in [0.29, 0.717) is 6.42 Å². The zero-order valence-corrected chi connectivity index (χ0v) is 12.9. The van der Waals surface area contributed by atoms with Gasteiger partial charge in [0.25, 0.3) is 0 Å².